The molecule has 0 saturated carbocycles. The van der Waals surface area contributed by atoms with Crippen molar-refractivity contribution in [3.05, 3.63) is 156 Å². The molecule has 0 amide bonds. The number of fused-ring (bicyclic) bond motifs is 4. The molecule has 0 unspecified atom stereocenters. The monoisotopic (exact) mass is 578 g/mol. The van der Waals surface area contributed by atoms with E-state index in [1.54, 1.807) is 0 Å². The van der Waals surface area contributed by atoms with Crippen molar-refractivity contribution in [1.29, 1.82) is 0 Å². The van der Waals surface area contributed by atoms with Crippen LogP contribution in [0.2, 0.25) is 0 Å². The highest BCUT2D eigenvalue weighted by molar-refractivity contribution is 6.05. The van der Waals surface area contributed by atoms with Crippen molar-refractivity contribution in [2.24, 2.45) is 0 Å². The standard InChI is InChI=1S/C43H34N2/c1-27-14-13-15-28(2)39(27)41-36-26-32(29-16-7-5-8-17-29)25-34(30-18-9-6-10-19-30)40(36)44-42(45-41)31-22-23-38-35(24-31)33-20-11-12-21-37(33)43(38,3)4/h5-26H,1-4H3. The van der Waals surface area contributed by atoms with Crippen LogP contribution in [0.15, 0.2) is 133 Å². The number of benzene rings is 6. The molecule has 0 saturated heterocycles. The van der Waals surface area contributed by atoms with Crippen LogP contribution in [0.5, 0.6) is 0 Å². The van der Waals surface area contributed by atoms with Gasteiger partial charge in [-0.2, -0.15) is 0 Å². The van der Waals surface area contributed by atoms with E-state index in [0.717, 1.165) is 44.7 Å². The van der Waals surface area contributed by atoms with Crippen molar-refractivity contribution in [2.75, 3.05) is 0 Å². The largest absolute Gasteiger partial charge is 0.227 e. The molecule has 6 aromatic carbocycles. The Kier molecular flexibility index (Phi) is 6.28. The van der Waals surface area contributed by atoms with Gasteiger partial charge in [0, 0.05) is 27.5 Å². The van der Waals surface area contributed by atoms with Gasteiger partial charge in [0.05, 0.1) is 11.2 Å². The molecule has 216 valence electrons. The van der Waals surface area contributed by atoms with Gasteiger partial charge in [0.2, 0.25) is 0 Å². The molecule has 2 nitrogen and oxygen atoms in total. The van der Waals surface area contributed by atoms with Crippen LogP contribution in [0.4, 0.5) is 0 Å². The zero-order valence-corrected chi connectivity index (χ0v) is 26.1. The summed E-state index contributed by atoms with van der Waals surface area (Å²) in [6.07, 6.45) is 0. The van der Waals surface area contributed by atoms with Crippen LogP contribution in [0, 0.1) is 13.8 Å². The van der Waals surface area contributed by atoms with E-state index < -0.39 is 0 Å². The average molecular weight is 579 g/mol. The van der Waals surface area contributed by atoms with Gasteiger partial charge in [0.1, 0.15) is 0 Å². The normalized spacial score (nSPS) is 13.1. The summed E-state index contributed by atoms with van der Waals surface area (Å²) in [5.74, 6) is 0.745. The fourth-order valence-electron chi connectivity index (χ4n) is 7.23. The van der Waals surface area contributed by atoms with Crippen LogP contribution in [-0.2, 0) is 5.41 Å². The van der Waals surface area contributed by atoms with Crippen molar-refractivity contribution >= 4 is 10.9 Å². The fourth-order valence-corrected chi connectivity index (χ4v) is 7.23. The van der Waals surface area contributed by atoms with Gasteiger partial charge >= 0.3 is 0 Å². The van der Waals surface area contributed by atoms with Crippen LogP contribution in [0.25, 0.3) is 66.9 Å². The van der Waals surface area contributed by atoms with Crippen molar-refractivity contribution < 1.29 is 0 Å². The predicted molar refractivity (Wildman–Crippen MR) is 188 cm³/mol. The molecule has 0 atom stereocenters. The van der Waals surface area contributed by atoms with E-state index in [2.05, 4.69) is 161 Å². The third-order valence-electron chi connectivity index (χ3n) is 9.55. The second-order valence-corrected chi connectivity index (χ2v) is 12.7. The van der Waals surface area contributed by atoms with Gasteiger partial charge in [-0.05, 0) is 82.1 Å². The second-order valence-electron chi connectivity index (χ2n) is 12.7. The summed E-state index contributed by atoms with van der Waals surface area (Å²) >= 11 is 0. The molecule has 0 fully saturated rings. The minimum absolute atomic E-state index is 0.0492. The maximum Gasteiger partial charge on any atom is 0.160 e. The summed E-state index contributed by atoms with van der Waals surface area (Å²) in [7, 11) is 0. The number of rotatable bonds is 4. The van der Waals surface area contributed by atoms with Gasteiger partial charge in [-0.15, -0.1) is 0 Å². The minimum Gasteiger partial charge on any atom is -0.227 e. The smallest absolute Gasteiger partial charge is 0.160 e. The molecular formula is C43H34N2. The van der Waals surface area contributed by atoms with Crippen molar-refractivity contribution in [1.82, 2.24) is 9.97 Å². The first-order valence-electron chi connectivity index (χ1n) is 15.7. The van der Waals surface area contributed by atoms with E-state index in [9.17, 15) is 0 Å². The lowest BCUT2D eigenvalue weighted by Gasteiger charge is -2.21. The van der Waals surface area contributed by atoms with E-state index in [-0.39, 0.29) is 5.41 Å². The highest BCUT2D eigenvalue weighted by Gasteiger charge is 2.35. The molecule has 0 aliphatic heterocycles. The van der Waals surface area contributed by atoms with Crippen molar-refractivity contribution in [3.63, 3.8) is 0 Å². The molecular weight excluding hydrogens is 544 g/mol. The number of hydrogen-bond acceptors (Lipinski definition) is 2. The van der Waals surface area contributed by atoms with Gasteiger partial charge in [-0.1, -0.05) is 129 Å². The Bertz CT molecular complexity index is 2230. The van der Waals surface area contributed by atoms with E-state index in [1.807, 2.05) is 0 Å². The third-order valence-corrected chi connectivity index (χ3v) is 9.55. The van der Waals surface area contributed by atoms with Gasteiger partial charge in [-0.3, -0.25) is 0 Å². The van der Waals surface area contributed by atoms with E-state index in [0.29, 0.717) is 0 Å². The molecule has 2 heteroatoms. The summed E-state index contributed by atoms with van der Waals surface area (Å²) in [6.45, 7) is 9.01. The second kappa shape index (κ2) is 10.4. The maximum absolute atomic E-state index is 5.44. The molecule has 0 N–H and O–H groups in total. The SMILES string of the molecule is Cc1cccc(C)c1-c1nc(-c2ccc3c(c2)-c2ccccc2C3(C)C)nc2c(-c3ccccc3)cc(-c3ccccc3)cc12. The highest BCUT2D eigenvalue weighted by atomic mass is 14.9. The first-order chi connectivity index (χ1) is 21.9. The molecule has 1 aliphatic carbocycles. The lowest BCUT2D eigenvalue weighted by atomic mass is 9.82. The Balaban J connectivity index is 1.46. The highest BCUT2D eigenvalue weighted by Crippen LogP contribution is 2.49. The van der Waals surface area contributed by atoms with Gasteiger partial charge in [-0.25, -0.2) is 9.97 Å². The average Bonchev–Trinajstić information content (AvgIpc) is 3.30. The molecule has 0 radical (unpaired) electrons. The Hall–Kier alpha value is -5.34. The molecule has 8 rings (SSSR count). The van der Waals surface area contributed by atoms with Crippen molar-refractivity contribution in [3.8, 4) is 56.0 Å². The molecule has 1 aliphatic rings. The van der Waals surface area contributed by atoms with Crippen LogP contribution >= 0.6 is 0 Å². The zero-order chi connectivity index (χ0) is 30.7. The minimum atomic E-state index is -0.0492. The molecule has 7 aromatic rings. The summed E-state index contributed by atoms with van der Waals surface area (Å²) in [4.78, 5) is 10.8. The number of aryl methyl sites for hydroxylation is 2. The predicted octanol–water partition coefficient (Wildman–Crippen LogP) is 11.2. The van der Waals surface area contributed by atoms with Crippen molar-refractivity contribution in [2.45, 2.75) is 33.1 Å². The lowest BCUT2D eigenvalue weighted by molar-refractivity contribution is 0.660. The van der Waals surface area contributed by atoms with Gasteiger partial charge in [0.25, 0.3) is 0 Å². The first-order valence-corrected chi connectivity index (χ1v) is 15.7. The molecule has 1 aromatic heterocycles. The molecule has 1 heterocycles. The zero-order valence-electron chi connectivity index (χ0n) is 26.1. The van der Waals surface area contributed by atoms with Gasteiger partial charge < -0.3 is 0 Å². The van der Waals surface area contributed by atoms with Crippen LogP contribution in [0.1, 0.15) is 36.1 Å². The summed E-state index contributed by atoms with van der Waals surface area (Å²) in [5.41, 5.74) is 16.4. The molecule has 0 bridgehead atoms. The Morgan fingerprint density at radius 1 is 0.467 bits per heavy atom. The van der Waals surface area contributed by atoms with E-state index in [4.69, 9.17) is 9.97 Å². The number of aromatic nitrogens is 2. The topological polar surface area (TPSA) is 25.8 Å². The Morgan fingerprint density at radius 3 is 1.82 bits per heavy atom. The molecule has 0 spiro atoms. The third kappa shape index (κ3) is 4.40. The summed E-state index contributed by atoms with van der Waals surface area (Å²) in [5, 5.41) is 1.06. The number of nitrogens with zero attached hydrogens (tertiary/aromatic N) is 2. The van der Waals surface area contributed by atoms with Crippen LogP contribution < -0.4 is 0 Å². The fraction of sp³-hybridized carbons (Fsp3) is 0.116. The maximum atomic E-state index is 5.44. The summed E-state index contributed by atoms with van der Waals surface area (Å²) < 4.78 is 0. The summed E-state index contributed by atoms with van der Waals surface area (Å²) in [6, 6.07) is 47.9. The Labute approximate surface area is 265 Å². The Morgan fingerprint density at radius 2 is 1.09 bits per heavy atom. The lowest BCUT2D eigenvalue weighted by Crippen LogP contribution is -2.14. The number of hydrogen-bond donors (Lipinski definition) is 0. The van der Waals surface area contributed by atoms with E-state index >= 15 is 0 Å². The molecule has 45 heavy (non-hydrogen) atoms. The van der Waals surface area contributed by atoms with E-state index in [1.165, 1.54) is 44.5 Å². The quantitative estimate of drug-likeness (QED) is 0.208. The van der Waals surface area contributed by atoms with Crippen LogP contribution in [0.3, 0.4) is 0 Å². The van der Waals surface area contributed by atoms with Gasteiger partial charge in [0.15, 0.2) is 5.82 Å². The first kappa shape index (κ1) is 27.2. The van der Waals surface area contributed by atoms with Crippen LogP contribution in [-0.4, -0.2) is 9.97 Å².